The summed E-state index contributed by atoms with van der Waals surface area (Å²) >= 11 is 6.03. The SMILES string of the molecule is CCn1cc(NC(=O)c2ccc(COc3ccc([N+](=O)[O-])cc3Cl)o2)c(C(=O)Nc2ccccc2)n1. The van der Waals surface area contributed by atoms with Crippen molar-refractivity contribution in [3.8, 4) is 5.75 Å². The van der Waals surface area contributed by atoms with Crippen LogP contribution in [0.2, 0.25) is 5.02 Å². The summed E-state index contributed by atoms with van der Waals surface area (Å²) in [6, 6.07) is 15.7. The molecule has 0 saturated carbocycles. The van der Waals surface area contributed by atoms with Crippen molar-refractivity contribution in [2.75, 3.05) is 10.6 Å². The molecule has 36 heavy (non-hydrogen) atoms. The van der Waals surface area contributed by atoms with Crippen molar-refractivity contribution in [3.05, 3.63) is 99.2 Å². The van der Waals surface area contributed by atoms with Crippen molar-refractivity contribution in [2.45, 2.75) is 20.1 Å². The van der Waals surface area contributed by atoms with Gasteiger partial charge in [0.1, 0.15) is 18.1 Å². The van der Waals surface area contributed by atoms with Crippen LogP contribution in [0.25, 0.3) is 0 Å². The van der Waals surface area contributed by atoms with Gasteiger partial charge in [-0.05, 0) is 37.3 Å². The van der Waals surface area contributed by atoms with Gasteiger partial charge in [-0.2, -0.15) is 5.10 Å². The summed E-state index contributed by atoms with van der Waals surface area (Å²) in [6.07, 6.45) is 1.56. The summed E-state index contributed by atoms with van der Waals surface area (Å²) in [4.78, 5) is 35.8. The molecular weight excluding hydrogens is 490 g/mol. The van der Waals surface area contributed by atoms with Gasteiger partial charge < -0.3 is 19.8 Å². The molecule has 2 N–H and O–H groups in total. The Kier molecular flexibility index (Phi) is 7.31. The summed E-state index contributed by atoms with van der Waals surface area (Å²) in [5.74, 6) is -0.523. The molecule has 0 atom stereocenters. The fraction of sp³-hybridized carbons (Fsp3) is 0.125. The fourth-order valence-corrected chi connectivity index (χ4v) is 3.41. The number of hydrogen-bond donors (Lipinski definition) is 2. The predicted octanol–water partition coefficient (Wildman–Crippen LogP) is 5.14. The standard InChI is InChI=1S/C24H20ClN5O6/c1-2-29-13-19(22(28-29)24(32)26-15-6-4-3-5-7-15)27-23(31)21-11-9-17(36-21)14-35-20-10-8-16(30(33)34)12-18(20)25/h3-13H,2,14H2,1H3,(H,26,32)(H,27,31). The summed E-state index contributed by atoms with van der Waals surface area (Å²) in [5.41, 5.74) is 0.710. The smallest absolute Gasteiger partial charge is 0.291 e. The number of nitrogens with one attached hydrogen (secondary N) is 2. The molecule has 0 fully saturated rings. The Hall–Kier alpha value is -4.64. The minimum Gasteiger partial charge on any atom is -0.484 e. The van der Waals surface area contributed by atoms with E-state index in [0.717, 1.165) is 0 Å². The molecule has 0 aliphatic rings. The number of amides is 2. The molecule has 0 unspecified atom stereocenters. The van der Waals surface area contributed by atoms with Crippen molar-refractivity contribution < 1.29 is 23.7 Å². The maximum absolute atomic E-state index is 12.8. The van der Waals surface area contributed by atoms with E-state index < -0.39 is 16.7 Å². The van der Waals surface area contributed by atoms with Crippen molar-refractivity contribution in [1.82, 2.24) is 9.78 Å². The van der Waals surface area contributed by atoms with Gasteiger partial charge in [0.2, 0.25) is 0 Å². The number of aromatic nitrogens is 2. The summed E-state index contributed by atoms with van der Waals surface area (Å²) in [6.45, 7) is 2.28. The lowest BCUT2D eigenvalue weighted by Crippen LogP contribution is -2.17. The molecule has 2 aromatic heterocycles. The number of non-ortho nitro benzene ring substituents is 1. The van der Waals surface area contributed by atoms with E-state index in [4.69, 9.17) is 20.8 Å². The Morgan fingerprint density at radius 3 is 2.58 bits per heavy atom. The van der Waals surface area contributed by atoms with Crippen LogP contribution in [0.1, 0.15) is 33.7 Å². The zero-order chi connectivity index (χ0) is 25.7. The van der Waals surface area contributed by atoms with Gasteiger partial charge in [0.25, 0.3) is 17.5 Å². The molecule has 11 nitrogen and oxygen atoms in total. The third kappa shape index (κ3) is 5.70. The van der Waals surface area contributed by atoms with Crippen LogP contribution in [-0.4, -0.2) is 26.5 Å². The van der Waals surface area contributed by atoms with Crippen LogP contribution in [-0.2, 0) is 13.2 Å². The number of benzene rings is 2. The third-order valence-electron chi connectivity index (χ3n) is 4.96. The molecule has 184 valence electrons. The number of hydrogen-bond acceptors (Lipinski definition) is 7. The van der Waals surface area contributed by atoms with Crippen LogP contribution >= 0.6 is 11.6 Å². The average Bonchev–Trinajstić information content (AvgIpc) is 3.51. The van der Waals surface area contributed by atoms with Crippen molar-refractivity contribution in [2.24, 2.45) is 0 Å². The summed E-state index contributed by atoms with van der Waals surface area (Å²) < 4.78 is 12.6. The molecule has 0 aliphatic carbocycles. The van der Waals surface area contributed by atoms with E-state index in [1.165, 1.54) is 28.9 Å². The number of carbonyl (C=O) groups excluding carboxylic acids is 2. The molecular formula is C24H20ClN5O6. The highest BCUT2D eigenvalue weighted by molar-refractivity contribution is 6.32. The molecule has 2 heterocycles. The van der Waals surface area contributed by atoms with E-state index >= 15 is 0 Å². The van der Waals surface area contributed by atoms with Gasteiger partial charge in [-0.3, -0.25) is 24.4 Å². The maximum Gasteiger partial charge on any atom is 0.291 e. The van der Waals surface area contributed by atoms with E-state index in [2.05, 4.69) is 15.7 Å². The van der Waals surface area contributed by atoms with E-state index in [1.807, 2.05) is 13.0 Å². The number of aryl methyl sites for hydroxylation is 1. The lowest BCUT2D eigenvalue weighted by Gasteiger charge is -2.06. The van der Waals surface area contributed by atoms with Gasteiger partial charge in [-0.1, -0.05) is 29.8 Å². The predicted molar refractivity (Wildman–Crippen MR) is 131 cm³/mol. The number of nitro groups is 1. The van der Waals surface area contributed by atoms with E-state index in [1.54, 1.807) is 36.5 Å². The van der Waals surface area contributed by atoms with Gasteiger partial charge in [-0.15, -0.1) is 0 Å². The molecule has 0 spiro atoms. The number of carbonyl (C=O) groups is 2. The number of para-hydroxylation sites is 1. The first-order chi connectivity index (χ1) is 17.3. The Labute approximate surface area is 209 Å². The average molecular weight is 510 g/mol. The number of furan rings is 1. The molecule has 0 saturated heterocycles. The fourth-order valence-electron chi connectivity index (χ4n) is 3.19. The summed E-state index contributed by atoms with van der Waals surface area (Å²) in [7, 11) is 0. The number of rotatable bonds is 9. The highest BCUT2D eigenvalue weighted by Crippen LogP contribution is 2.29. The van der Waals surface area contributed by atoms with Crippen molar-refractivity contribution in [1.29, 1.82) is 0 Å². The van der Waals surface area contributed by atoms with Crippen LogP contribution in [0.4, 0.5) is 17.1 Å². The first-order valence-corrected chi connectivity index (χ1v) is 11.1. The minimum absolute atomic E-state index is 0.0120. The molecule has 12 heteroatoms. The highest BCUT2D eigenvalue weighted by atomic mass is 35.5. The van der Waals surface area contributed by atoms with Crippen molar-refractivity contribution in [3.63, 3.8) is 0 Å². The number of nitrogens with zero attached hydrogens (tertiary/aromatic N) is 3. The zero-order valence-corrected chi connectivity index (χ0v) is 19.7. The van der Waals surface area contributed by atoms with Crippen LogP contribution < -0.4 is 15.4 Å². The van der Waals surface area contributed by atoms with Gasteiger partial charge in [-0.25, -0.2) is 0 Å². The highest BCUT2D eigenvalue weighted by Gasteiger charge is 2.21. The zero-order valence-electron chi connectivity index (χ0n) is 18.9. The monoisotopic (exact) mass is 509 g/mol. The molecule has 4 aromatic rings. The number of halogens is 1. The first kappa shape index (κ1) is 24.5. The Balaban J connectivity index is 1.43. The minimum atomic E-state index is -0.584. The van der Waals surface area contributed by atoms with Gasteiger partial charge >= 0.3 is 0 Å². The second-order valence-electron chi connectivity index (χ2n) is 7.45. The number of ether oxygens (including phenoxy) is 1. The first-order valence-electron chi connectivity index (χ1n) is 10.7. The second kappa shape index (κ2) is 10.7. The van der Waals surface area contributed by atoms with Crippen molar-refractivity contribution >= 4 is 40.5 Å². The normalized spacial score (nSPS) is 10.6. The van der Waals surface area contributed by atoms with E-state index in [9.17, 15) is 19.7 Å². The Bertz CT molecular complexity index is 1420. The largest absolute Gasteiger partial charge is 0.484 e. The Morgan fingerprint density at radius 2 is 1.89 bits per heavy atom. The molecule has 0 radical (unpaired) electrons. The third-order valence-corrected chi connectivity index (χ3v) is 5.26. The van der Waals surface area contributed by atoms with E-state index in [-0.39, 0.29) is 40.2 Å². The number of nitro benzene ring substituents is 1. The van der Waals surface area contributed by atoms with Gasteiger partial charge in [0.05, 0.1) is 15.6 Å². The number of anilines is 2. The molecule has 0 aliphatic heterocycles. The topological polar surface area (TPSA) is 142 Å². The second-order valence-corrected chi connectivity index (χ2v) is 7.86. The Morgan fingerprint density at radius 1 is 1.11 bits per heavy atom. The molecule has 2 amide bonds. The van der Waals surface area contributed by atoms with Gasteiger partial charge in [0, 0.05) is 30.6 Å². The lowest BCUT2D eigenvalue weighted by atomic mass is 10.3. The quantitative estimate of drug-likeness (QED) is 0.235. The van der Waals surface area contributed by atoms with Crippen LogP contribution in [0.15, 0.2) is 71.3 Å². The lowest BCUT2D eigenvalue weighted by molar-refractivity contribution is -0.384. The maximum atomic E-state index is 12.8. The van der Waals surface area contributed by atoms with Crippen LogP contribution in [0, 0.1) is 10.1 Å². The van der Waals surface area contributed by atoms with Crippen LogP contribution in [0.5, 0.6) is 5.75 Å². The van der Waals surface area contributed by atoms with Crippen LogP contribution in [0.3, 0.4) is 0 Å². The molecule has 0 bridgehead atoms. The van der Waals surface area contributed by atoms with E-state index in [0.29, 0.717) is 18.0 Å². The molecule has 2 aromatic carbocycles. The molecule has 4 rings (SSSR count). The summed E-state index contributed by atoms with van der Waals surface area (Å²) in [5, 5.41) is 20.6. The van der Waals surface area contributed by atoms with Gasteiger partial charge in [0.15, 0.2) is 11.5 Å².